The van der Waals surface area contributed by atoms with Crippen LogP contribution in [0, 0.1) is 7.14 Å². The summed E-state index contributed by atoms with van der Waals surface area (Å²) in [5.41, 5.74) is 5.72. The maximum Gasteiger partial charge on any atom is 0.0869 e. The van der Waals surface area contributed by atoms with Gasteiger partial charge in [-0.05, 0) is 62.7 Å². The summed E-state index contributed by atoms with van der Waals surface area (Å²) in [6.45, 7) is 0. The predicted octanol–water partition coefficient (Wildman–Crippen LogP) is 3.69. The van der Waals surface area contributed by atoms with Crippen LogP contribution in [-0.4, -0.2) is 0 Å². The number of benzene rings is 1. The lowest BCUT2D eigenvalue weighted by atomic mass is 10.3. The smallest absolute Gasteiger partial charge is 0.0869 e. The van der Waals surface area contributed by atoms with E-state index in [-0.39, 0.29) is 0 Å². The van der Waals surface area contributed by atoms with E-state index >= 15 is 0 Å². The lowest BCUT2D eigenvalue weighted by molar-refractivity contribution is 1.70. The zero-order valence-corrected chi connectivity index (χ0v) is 11.1. The Hall–Kier alpha value is 0.440. The molecule has 0 radical (unpaired) electrons. The van der Waals surface area contributed by atoms with E-state index in [2.05, 4.69) is 57.3 Å². The predicted molar refractivity (Wildman–Crippen MR) is 71.7 cm³/mol. The summed E-state index contributed by atoms with van der Waals surface area (Å²) < 4.78 is 3.91. The number of hydrogen-bond donors (Lipinski definition) is 1. The van der Waals surface area contributed by atoms with Gasteiger partial charge < -0.3 is 5.73 Å². The van der Waals surface area contributed by atoms with Crippen molar-refractivity contribution >= 4 is 71.6 Å². The van der Waals surface area contributed by atoms with Crippen LogP contribution in [0.3, 0.4) is 0 Å². The molecule has 4 heteroatoms. The first-order valence-electron chi connectivity index (χ1n) is 3.31. The fraction of sp³-hybridized carbons (Fsp3) is 0. The number of fused-ring (bicyclic) bond motifs is 1. The van der Waals surface area contributed by atoms with Crippen molar-refractivity contribution in [1.29, 1.82) is 0 Å². The van der Waals surface area contributed by atoms with Gasteiger partial charge in [0.05, 0.1) is 9.70 Å². The summed E-state index contributed by atoms with van der Waals surface area (Å²) in [7, 11) is 0. The first-order chi connectivity index (χ1) is 5.68. The third-order valence-electron chi connectivity index (χ3n) is 1.60. The minimum absolute atomic E-state index is 0.893. The number of anilines is 1. The van der Waals surface area contributed by atoms with Gasteiger partial charge in [-0.3, -0.25) is 0 Å². The van der Waals surface area contributed by atoms with Crippen molar-refractivity contribution in [2.24, 2.45) is 0 Å². The van der Waals surface area contributed by atoms with Crippen LogP contribution >= 0.6 is 56.5 Å². The van der Waals surface area contributed by atoms with Gasteiger partial charge in [-0.15, -0.1) is 11.3 Å². The third kappa shape index (κ3) is 1.44. The fourth-order valence-electron chi connectivity index (χ4n) is 1.06. The highest BCUT2D eigenvalue weighted by molar-refractivity contribution is 14.1. The van der Waals surface area contributed by atoms with Crippen molar-refractivity contribution < 1.29 is 0 Å². The minimum Gasteiger partial charge on any atom is -0.391 e. The lowest BCUT2D eigenvalue weighted by Crippen LogP contribution is -1.76. The highest BCUT2D eigenvalue weighted by Gasteiger charge is 2.05. The molecule has 0 fully saturated rings. The summed E-state index contributed by atoms with van der Waals surface area (Å²) in [6.07, 6.45) is 0. The maximum absolute atomic E-state index is 5.72. The quantitative estimate of drug-likeness (QED) is 0.670. The van der Waals surface area contributed by atoms with Gasteiger partial charge in [0.15, 0.2) is 0 Å². The van der Waals surface area contributed by atoms with E-state index in [9.17, 15) is 0 Å². The zero-order chi connectivity index (χ0) is 8.72. The molecule has 0 aliphatic rings. The molecule has 0 saturated carbocycles. The van der Waals surface area contributed by atoms with E-state index in [1.165, 1.54) is 17.2 Å². The summed E-state index contributed by atoms with van der Waals surface area (Å²) in [4.78, 5) is 0. The molecule has 0 unspecified atom stereocenters. The van der Waals surface area contributed by atoms with E-state index < -0.39 is 0 Å². The largest absolute Gasteiger partial charge is 0.391 e. The zero-order valence-electron chi connectivity index (χ0n) is 5.97. The van der Waals surface area contributed by atoms with Crippen LogP contribution < -0.4 is 5.73 Å². The normalized spacial score (nSPS) is 10.8. The van der Waals surface area contributed by atoms with Crippen LogP contribution in [0.1, 0.15) is 0 Å². The highest BCUT2D eigenvalue weighted by Crippen LogP contribution is 2.33. The number of nitrogens with two attached hydrogens (primary N) is 1. The van der Waals surface area contributed by atoms with Gasteiger partial charge in [-0.25, -0.2) is 0 Å². The summed E-state index contributed by atoms with van der Waals surface area (Å²) >= 11 is 6.36. The molecule has 0 aliphatic heterocycles. The molecule has 1 heterocycles. The standard InChI is InChI=1S/C8H5I2NS/c9-5-2-1-4-3-6(11)12-8(4)7(5)10/h1-3H,11H2. The second-order valence-corrected chi connectivity index (χ2v) is 5.75. The van der Waals surface area contributed by atoms with Crippen LogP contribution in [-0.2, 0) is 0 Å². The molecule has 0 spiro atoms. The van der Waals surface area contributed by atoms with Gasteiger partial charge in [0.25, 0.3) is 0 Å². The van der Waals surface area contributed by atoms with E-state index in [4.69, 9.17) is 5.73 Å². The molecule has 2 aromatic rings. The molecule has 0 amide bonds. The number of rotatable bonds is 0. The molecule has 0 aliphatic carbocycles. The highest BCUT2D eigenvalue weighted by atomic mass is 127. The van der Waals surface area contributed by atoms with Gasteiger partial charge in [0.1, 0.15) is 0 Å². The molecule has 62 valence electrons. The van der Waals surface area contributed by atoms with Crippen molar-refractivity contribution in [3.8, 4) is 0 Å². The van der Waals surface area contributed by atoms with Crippen molar-refractivity contribution in [2.45, 2.75) is 0 Å². The van der Waals surface area contributed by atoms with Gasteiger partial charge in [-0.1, -0.05) is 6.07 Å². The van der Waals surface area contributed by atoms with E-state index in [0.717, 1.165) is 5.00 Å². The first-order valence-corrected chi connectivity index (χ1v) is 6.29. The topological polar surface area (TPSA) is 26.0 Å². The second kappa shape index (κ2) is 3.30. The van der Waals surface area contributed by atoms with Crippen LogP contribution in [0.5, 0.6) is 0 Å². The second-order valence-electron chi connectivity index (χ2n) is 2.43. The van der Waals surface area contributed by atoms with Gasteiger partial charge in [0, 0.05) is 7.14 Å². The monoisotopic (exact) mass is 401 g/mol. The van der Waals surface area contributed by atoms with E-state index in [0.29, 0.717) is 0 Å². The van der Waals surface area contributed by atoms with E-state index in [1.54, 1.807) is 11.3 Å². The summed E-state index contributed by atoms with van der Waals surface area (Å²) in [5.74, 6) is 0. The number of halogens is 2. The number of thiophene rings is 1. The van der Waals surface area contributed by atoms with Crippen LogP contribution in [0.2, 0.25) is 0 Å². The molecule has 2 rings (SSSR count). The average molecular weight is 401 g/mol. The van der Waals surface area contributed by atoms with E-state index in [1.807, 2.05) is 6.07 Å². The minimum atomic E-state index is 0.893. The van der Waals surface area contributed by atoms with Crippen molar-refractivity contribution in [1.82, 2.24) is 0 Å². The Morgan fingerprint density at radius 1 is 1.25 bits per heavy atom. The Balaban J connectivity index is 2.89. The lowest BCUT2D eigenvalue weighted by Gasteiger charge is -1.95. The molecule has 1 nitrogen and oxygen atoms in total. The Labute approximate surface area is 102 Å². The Morgan fingerprint density at radius 2 is 2.00 bits per heavy atom. The molecular formula is C8H5I2NS. The maximum atomic E-state index is 5.72. The van der Waals surface area contributed by atoms with Crippen LogP contribution in [0.4, 0.5) is 5.00 Å². The summed E-state index contributed by atoms with van der Waals surface area (Å²) in [6, 6.07) is 6.27. The number of nitrogen functional groups attached to an aromatic ring is 1. The Kier molecular flexibility index (Phi) is 2.48. The Bertz CT molecular complexity index is 436. The summed E-state index contributed by atoms with van der Waals surface area (Å²) in [5, 5.41) is 2.15. The Morgan fingerprint density at radius 3 is 2.75 bits per heavy atom. The fourth-order valence-corrected chi connectivity index (χ4v) is 3.38. The molecule has 0 bridgehead atoms. The molecule has 0 atom stereocenters. The number of hydrogen-bond acceptors (Lipinski definition) is 2. The van der Waals surface area contributed by atoms with Gasteiger partial charge in [0.2, 0.25) is 0 Å². The molecule has 0 saturated heterocycles. The average Bonchev–Trinajstić information content (AvgIpc) is 2.39. The molecule has 12 heavy (non-hydrogen) atoms. The van der Waals surface area contributed by atoms with Crippen LogP contribution in [0.25, 0.3) is 10.1 Å². The van der Waals surface area contributed by atoms with Crippen molar-refractivity contribution in [2.75, 3.05) is 5.73 Å². The van der Waals surface area contributed by atoms with Crippen molar-refractivity contribution in [3.63, 3.8) is 0 Å². The SMILES string of the molecule is Nc1cc2ccc(I)c(I)c2s1. The molecule has 2 N–H and O–H groups in total. The van der Waals surface area contributed by atoms with Gasteiger partial charge >= 0.3 is 0 Å². The molecule has 1 aromatic carbocycles. The van der Waals surface area contributed by atoms with Crippen molar-refractivity contribution in [3.05, 3.63) is 25.3 Å². The molecular weight excluding hydrogens is 396 g/mol. The van der Waals surface area contributed by atoms with Crippen LogP contribution in [0.15, 0.2) is 18.2 Å². The first kappa shape index (κ1) is 9.01. The third-order valence-corrected chi connectivity index (χ3v) is 6.01. The van der Waals surface area contributed by atoms with Gasteiger partial charge in [-0.2, -0.15) is 0 Å². The molecule has 1 aromatic heterocycles.